The van der Waals surface area contributed by atoms with Crippen molar-refractivity contribution in [3.8, 4) is 0 Å². The van der Waals surface area contributed by atoms with Gasteiger partial charge in [-0.2, -0.15) is 0 Å². The quantitative estimate of drug-likeness (QED) is 0.699. The molecule has 2 N–H and O–H groups in total. The Bertz CT molecular complexity index is 314. The molecule has 0 amide bonds. The number of hydrogen-bond acceptors (Lipinski definition) is 2. The molecule has 0 saturated carbocycles. The van der Waals surface area contributed by atoms with Crippen molar-refractivity contribution in [1.82, 2.24) is 10.6 Å². The first-order valence-electron chi connectivity index (χ1n) is 5.24. The average molecular weight is 190 g/mol. The zero-order valence-corrected chi connectivity index (χ0v) is 8.93. The molecular formula is C12H18N2. The van der Waals surface area contributed by atoms with Gasteiger partial charge in [-0.1, -0.05) is 24.3 Å². The Morgan fingerprint density at radius 1 is 1.21 bits per heavy atom. The molecule has 2 nitrogen and oxygen atoms in total. The summed E-state index contributed by atoms with van der Waals surface area (Å²) in [6.07, 6.45) is 0. The highest BCUT2D eigenvalue weighted by Gasteiger charge is 2.28. The van der Waals surface area contributed by atoms with E-state index in [2.05, 4.69) is 48.7 Å². The molecule has 0 bridgehead atoms. The SMILES string of the molecule is Cc1ccccc1C1(C)CNCCN1. The van der Waals surface area contributed by atoms with E-state index in [-0.39, 0.29) is 5.54 Å². The van der Waals surface area contributed by atoms with Gasteiger partial charge in [0.05, 0.1) is 5.54 Å². The van der Waals surface area contributed by atoms with Gasteiger partial charge < -0.3 is 10.6 Å². The van der Waals surface area contributed by atoms with Crippen LogP contribution < -0.4 is 10.6 Å². The summed E-state index contributed by atoms with van der Waals surface area (Å²) in [5.74, 6) is 0. The van der Waals surface area contributed by atoms with Crippen molar-refractivity contribution in [3.05, 3.63) is 35.4 Å². The molecule has 14 heavy (non-hydrogen) atoms. The number of rotatable bonds is 1. The van der Waals surface area contributed by atoms with Crippen molar-refractivity contribution in [2.45, 2.75) is 19.4 Å². The Hall–Kier alpha value is -0.860. The van der Waals surface area contributed by atoms with Crippen molar-refractivity contribution in [3.63, 3.8) is 0 Å². The van der Waals surface area contributed by atoms with Gasteiger partial charge in [0.1, 0.15) is 0 Å². The molecule has 0 radical (unpaired) electrons. The lowest BCUT2D eigenvalue weighted by molar-refractivity contribution is 0.302. The molecule has 1 atom stereocenters. The van der Waals surface area contributed by atoms with Crippen LogP contribution in [0.25, 0.3) is 0 Å². The minimum absolute atomic E-state index is 0.101. The van der Waals surface area contributed by atoms with E-state index >= 15 is 0 Å². The van der Waals surface area contributed by atoms with Gasteiger partial charge in [0, 0.05) is 19.6 Å². The van der Waals surface area contributed by atoms with Gasteiger partial charge in [-0.05, 0) is 25.0 Å². The Morgan fingerprint density at radius 2 is 2.00 bits per heavy atom. The molecule has 0 aliphatic carbocycles. The predicted octanol–water partition coefficient (Wildman–Crippen LogP) is 1.40. The third-order valence-electron chi connectivity index (χ3n) is 3.04. The lowest BCUT2D eigenvalue weighted by atomic mass is 9.87. The summed E-state index contributed by atoms with van der Waals surface area (Å²) in [6.45, 7) is 7.57. The van der Waals surface area contributed by atoms with E-state index in [1.54, 1.807) is 0 Å². The van der Waals surface area contributed by atoms with E-state index in [4.69, 9.17) is 0 Å². The molecule has 1 heterocycles. The summed E-state index contributed by atoms with van der Waals surface area (Å²) in [7, 11) is 0. The van der Waals surface area contributed by atoms with Crippen molar-refractivity contribution >= 4 is 0 Å². The van der Waals surface area contributed by atoms with E-state index in [1.165, 1.54) is 11.1 Å². The van der Waals surface area contributed by atoms with Crippen LogP contribution in [0.1, 0.15) is 18.1 Å². The lowest BCUT2D eigenvalue weighted by Crippen LogP contribution is -2.55. The molecule has 2 rings (SSSR count). The number of benzene rings is 1. The molecule has 1 unspecified atom stereocenters. The van der Waals surface area contributed by atoms with Crippen LogP contribution in [0, 0.1) is 6.92 Å². The molecule has 1 aromatic carbocycles. The number of hydrogen-bond donors (Lipinski definition) is 2. The van der Waals surface area contributed by atoms with Gasteiger partial charge in [-0.3, -0.25) is 0 Å². The second-order valence-corrected chi connectivity index (χ2v) is 4.25. The van der Waals surface area contributed by atoms with E-state index in [9.17, 15) is 0 Å². The van der Waals surface area contributed by atoms with E-state index in [0.717, 1.165) is 19.6 Å². The zero-order chi connectivity index (χ0) is 10.0. The Kier molecular flexibility index (Phi) is 2.57. The smallest absolute Gasteiger partial charge is 0.0535 e. The third-order valence-corrected chi connectivity index (χ3v) is 3.04. The summed E-state index contributed by atoms with van der Waals surface area (Å²) in [6, 6.07) is 8.61. The molecule has 1 fully saturated rings. The van der Waals surface area contributed by atoms with Crippen LogP contribution in [0.3, 0.4) is 0 Å². The Balaban J connectivity index is 2.32. The summed E-state index contributed by atoms with van der Waals surface area (Å²) in [5, 5.41) is 7.03. The molecule has 1 saturated heterocycles. The predicted molar refractivity (Wildman–Crippen MR) is 59.4 cm³/mol. The maximum absolute atomic E-state index is 3.59. The minimum atomic E-state index is 0.101. The average Bonchev–Trinajstić information content (AvgIpc) is 2.19. The second-order valence-electron chi connectivity index (χ2n) is 4.25. The molecule has 0 spiro atoms. The van der Waals surface area contributed by atoms with Crippen LogP contribution in [-0.4, -0.2) is 19.6 Å². The third kappa shape index (κ3) is 1.68. The molecular weight excluding hydrogens is 172 g/mol. The highest BCUT2D eigenvalue weighted by atomic mass is 15.1. The first-order chi connectivity index (χ1) is 6.72. The fourth-order valence-corrected chi connectivity index (χ4v) is 2.21. The normalized spacial score (nSPS) is 27.6. The van der Waals surface area contributed by atoms with E-state index in [0.29, 0.717) is 0 Å². The lowest BCUT2D eigenvalue weighted by Gasteiger charge is -2.37. The monoisotopic (exact) mass is 190 g/mol. The van der Waals surface area contributed by atoms with Gasteiger partial charge in [0.2, 0.25) is 0 Å². The fourth-order valence-electron chi connectivity index (χ4n) is 2.21. The van der Waals surface area contributed by atoms with Crippen LogP contribution in [0.15, 0.2) is 24.3 Å². The minimum Gasteiger partial charge on any atom is -0.313 e. The van der Waals surface area contributed by atoms with Crippen LogP contribution in [0.4, 0.5) is 0 Å². The first kappa shape index (κ1) is 9.69. The van der Waals surface area contributed by atoms with Crippen molar-refractivity contribution < 1.29 is 0 Å². The molecule has 0 aromatic heterocycles. The van der Waals surface area contributed by atoms with Crippen LogP contribution >= 0.6 is 0 Å². The Morgan fingerprint density at radius 3 is 2.64 bits per heavy atom. The number of piperazine rings is 1. The zero-order valence-electron chi connectivity index (χ0n) is 8.93. The van der Waals surface area contributed by atoms with E-state index in [1.807, 2.05) is 0 Å². The van der Waals surface area contributed by atoms with Crippen LogP contribution in [0.5, 0.6) is 0 Å². The Labute approximate surface area is 85.7 Å². The number of aryl methyl sites for hydroxylation is 1. The number of nitrogens with one attached hydrogen (secondary N) is 2. The van der Waals surface area contributed by atoms with Gasteiger partial charge in [0.25, 0.3) is 0 Å². The highest BCUT2D eigenvalue weighted by molar-refractivity contribution is 5.33. The fraction of sp³-hybridized carbons (Fsp3) is 0.500. The molecule has 1 aromatic rings. The second kappa shape index (κ2) is 3.71. The maximum Gasteiger partial charge on any atom is 0.0535 e. The summed E-state index contributed by atoms with van der Waals surface area (Å²) >= 11 is 0. The molecule has 1 aliphatic heterocycles. The van der Waals surface area contributed by atoms with Gasteiger partial charge in [-0.25, -0.2) is 0 Å². The summed E-state index contributed by atoms with van der Waals surface area (Å²) in [5.41, 5.74) is 2.88. The summed E-state index contributed by atoms with van der Waals surface area (Å²) in [4.78, 5) is 0. The van der Waals surface area contributed by atoms with Gasteiger partial charge in [-0.15, -0.1) is 0 Å². The van der Waals surface area contributed by atoms with Gasteiger partial charge >= 0.3 is 0 Å². The topological polar surface area (TPSA) is 24.1 Å². The standard InChI is InChI=1S/C12H18N2/c1-10-5-3-4-6-11(10)12(2)9-13-7-8-14-12/h3-6,13-14H,7-9H2,1-2H3. The van der Waals surface area contributed by atoms with Crippen molar-refractivity contribution in [2.75, 3.05) is 19.6 Å². The van der Waals surface area contributed by atoms with Crippen molar-refractivity contribution in [1.29, 1.82) is 0 Å². The molecule has 76 valence electrons. The van der Waals surface area contributed by atoms with E-state index < -0.39 is 0 Å². The maximum atomic E-state index is 3.59. The first-order valence-corrected chi connectivity index (χ1v) is 5.24. The molecule has 1 aliphatic rings. The van der Waals surface area contributed by atoms with Crippen LogP contribution in [-0.2, 0) is 5.54 Å². The largest absolute Gasteiger partial charge is 0.313 e. The molecule has 2 heteroatoms. The highest BCUT2D eigenvalue weighted by Crippen LogP contribution is 2.24. The van der Waals surface area contributed by atoms with Crippen LogP contribution in [0.2, 0.25) is 0 Å². The summed E-state index contributed by atoms with van der Waals surface area (Å²) < 4.78 is 0. The van der Waals surface area contributed by atoms with Crippen molar-refractivity contribution in [2.24, 2.45) is 0 Å². The van der Waals surface area contributed by atoms with Gasteiger partial charge in [0.15, 0.2) is 0 Å².